The van der Waals surface area contributed by atoms with Gasteiger partial charge < -0.3 is 15.9 Å². The molecule has 1 atom stereocenters. The minimum Gasteiger partial charge on any atom is -0.508 e. The van der Waals surface area contributed by atoms with Gasteiger partial charge in [-0.2, -0.15) is 13.2 Å². The van der Waals surface area contributed by atoms with Gasteiger partial charge in [-0.15, -0.1) is 0 Å². The van der Waals surface area contributed by atoms with Crippen molar-refractivity contribution in [3.8, 4) is 5.75 Å². The molecule has 0 bridgehead atoms. The summed E-state index contributed by atoms with van der Waals surface area (Å²) in [6, 6.07) is 5.42. The van der Waals surface area contributed by atoms with Crippen LogP contribution in [-0.2, 0) is 11.2 Å². The van der Waals surface area contributed by atoms with Gasteiger partial charge in [-0.3, -0.25) is 4.79 Å². The number of carboxylic acid groups (broad SMARTS) is 1. The highest BCUT2D eigenvalue weighted by Crippen LogP contribution is 2.10. The summed E-state index contributed by atoms with van der Waals surface area (Å²) in [4.78, 5) is 10.4. The average molecular weight is 251 g/mol. The molecule has 0 saturated heterocycles. The molecule has 0 spiro atoms. The maximum absolute atomic E-state index is 10.4. The number of aromatic hydroxyl groups is 1. The summed E-state index contributed by atoms with van der Waals surface area (Å²) < 4.78 is 29.0. The van der Waals surface area contributed by atoms with Gasteiger partial charge in [-0.1, -0.05) is 12.1 Å². The van der Waals surface area contributed by atoms with Gasteiger partial charge in [0.15, 0.2) is 0 Å². The molecule has 7 heteroatoms. The quantitative estimate of drug-likeness (QED) is 0.760. The van der Waals surface area contributed by atoms with Gasteiger partial charge >= 0.3 is 12.6 Å². The predicted molar refractivity (Wildman–Crippen MR) is 54.5 cm³/mol. The van der Waals surface area contributed by atoms with E-state index in [4.69, 9.17) is 15.9 Å². The Morgan fingerprint density at radius 2 is 1.65 bits per heavy atom. The van der Waals surface area contributed by atoms with Crippen LogP contribution in [-0.4, -0.2) is 28.9 Å². The van der Waals surface area contributed by atoms with Crippen molar-refractivity contribution in [3.05, 3.63) is 29.8 Å². The molecule has 0 amide bonds. The second kappa shape index (κ2) is 7.50. The van der Waals surface area contributed by atoms with E-state index in [0.29, 0.717) is 0 Å². The highest BCUT2D eigenvalue weighted by atomic mass is 19.4. The topological polar surface area (TPSA) is 83.5 Å². The van der Waals surface area contributed by atoms with Crippen molar-refractivity contribution < 1.29 is 28.2 Å². The third-order valence-electron chi connectivity index (χ3n) is 1.71. The maximum atomic E-state index is 10.4. The molecule has 0 radical (unpaired) electrons. The first-order chi connectivity index (χ1) is 7.82. The van der Waals surface area contributed by atoms with Crippen LogP contribution >= 0.6 is 0 Å². The van der Waals surface area contributed by atoms with E-state index in [1.165, 1.54) is 12.1 Å². The van der Waals surface area contributed by atoms with Crippen molar-refractivity contribution in [1.82, 2.24) is 0 Å². The Morgan fingerprint density at radius 1 is 1.24 bits per heavy atom. The van der Waals surface area contributed by atoms with Crippen molar-refractivity contribution >= 4 is 5.97 Å². The molecule has 0 fully saturated rings. The number of aliphatic carboxylic acids is 1. The molecular weight excluding hydrogens is 239 g/mol. The molecule has 4 nitrogen and oxygen atoms in total. The van der Waals surface area contributed by atoms with Gasteiger partial charge in [0.05, 0.1) is 0 Å². The second-order valence-electron chi connectivity index (χ2n) is 3.06. The van der Waals surface area contributed by atoms with E-state index in [1.807, 2.05) is 0 Å². The lowest BCUT2D eigenvalue weighted by Gasteiger charge is -2.05. The predicted octanol–water partition coefficient (Wildman–Crippen LogP) is 1.53. The average Bonchev–Trinajstić information content (AvgIpc) is 2.20. The molecule has 96 valence electrons. The molecule has 0 aliphatic heterocycles. The number of carbonyl (C=O) groups is 1. The van der Waals surface area contributed by atoms with Gasteiger partial charge in [0, 0.05) is 0 Å². The molecule has 1 aromatic rings. The largest absolute Gasteiger partial charge is 0.508 e. The fourth-order valence-electron chi connectivity index (χ4n) is 0.973. The molecule has 1 unspecified atom stereocenters. The zero-order chi connectivity index (χ0) is 13.4. The van der Waals surface area contributed by atoms with E-state index in [0.717, 1.165) is 5.56 Å². The SMILES string of the molecule is FC(F)F.NC(Cc1ccc(O)cc1)C(=O)O. The van der Waals surface area contributed by atoms with Gasteiger partial charge in [0.1, 0.15) is 11.8 Å². The zero-order valence-electron chi connectivity index (χ0n) is 8.69. The molecule has 1 rings (SSSR count). The standard InChI is InChI=1S/C9H11NO3.CHF3/c10-8(9(12)13)5-6-1-3-7(11)4-2-6;2-1(3)4/h1-4,8,11H,5,10H2,(H,12,13);1H. The minimum absolute atomic E-state index is 0.160. The highest BCUT2D eigenvalue weighted by Gasteiger charge is 2.11. The second-order valence-corrected chi connectivity index (χ2v) is 3.06. The van der Waals surface area contributed by atoms with E-state index in [1.54, 1.807) is 12.1 Å². The fourth-order valence-corrected chi connectivity index (χ4v) is 0.973. The lowest BCUT2D eigenvalue weighted by atomic mass is 10.1. The van der Waals surface area contributed by atoms with Gasteiger partial charge in [0.2, 0.25) is 0 Å². The fraction of sp³-hybridized carbons (Fsp3) is 0.300. The molecule has 17 heavy (non-hydrogen) atoms. The molecule has 1 aromatic carbocycles. The molecule has 4 N–H and O–H groups in total. The molecule has 0 aliphatic rings. The van der Waals surface area contributed by atoms with Crippen LogP contribution in [0.15, 0.2) is 24.3 Å². The van der Waals surface area contributed by atoms with Crippen LogP contribution in [0.25, 0.3) is 0 Å². The number of hydrogen-bond donors (Lipinski definition) is 3. The number of hydrogen-bond acceptors (Lipinski definition) is 3. The monoisotopic (exact) mass is 251 g/mol. The summed E-state index contributed by atoms with van der Waals surface area (Å²) in [5, 5.41) is 17.5. The Labute approximate surface area is 95.5 Å². The summed E-state index contributed by atoms with van der Waals surface area (Å²) in [5.74, 6) is -0.860. The number of benzene rings is 1. The van der Waals surface area contributed by atoms with Crippen molar-refractivity contribution in [3.63, 3.8) is 0 Å². The van der Waals surface area contributed by atoms with Crippen LogP contribution in [0.3, 0.4) is 0 Å². The molecule has 0 aromatic heterocycles. The van der Waals surface area contributed by atoms with E-state index < -0.39 is 18.7 Å². The Balaban J connectivity index is 0.000000557. The van der Waals surface area contributed by atoms with E-state index >= 15 is 0 Å². The van der Waals surface area contributed by atoms with Crippen LogP contribution in [0.2, 0.25) is 0 Å². The van der Waals surface area contributed by atoms with Crippen LogP contribution in [0.5, 0.6) is 5.75 Å². The van der Waals surface area contributed by atoms with Crippen LogP contribution in [0, 0.1) is 0 Å². The third-order valence-corrected chi connectivity index (χ3v) is 1.71. The van der Waals surface area contributed by atoms with Crippen molar-refractivity contribution in [2.24, 2.45) is 5.73 Å². The number of alkyl halides is 3. The van der Waals surface area contributed by atoms with Crippen LogP contribution in [0.1, 0.15) is 5.56 Å². The van der Waals surface area contributed by atoms with Gasteiger partial charge in [-0.05, 0) is 24.1 Å². The maximum Gasteiger partial charge on any atom is 0.379 e. The minimum atomic E-state index is -3.67. The zero-order valence-corrected chi connectivity index (χ0v) is 8.69. The first-order valence-corrected chi connectivity index (χ1v) is 4.51. The summed E-state index contributed by atoms with van der Waals surface area (Å²) in [5.41, 5.74) is 6.12. The lowest BCUT2D eigenvalue weighted by Crippen LogP contribution is -2.32. The van der Waals surface area contributed by atoms with Crippen LogP contribution < -0.4 is 5.73 Å². The molecule has 0 saturated carbocycles. The molecule has 0 aliphatic carbocycles. The van der Waals surface area contributed by atoms with Crippen LogP contribution in [0.4, 0.5) is 13.2 Å². The third kappa shape index (κ3) is 8.09. The van der Waals surface area contributed by atoms with E-state index in [9.17, 15) is 18.0 Å². The van der Waals surface area contributed by atoms with Crippen molar-refractivity contribution in [1.29, 1.82) is 0 Å². The number of phenolic OH excluding ortho intramolecular Hbond substituents is 1. The summed E-state index contributed by atoms with van der Waals surface area (Å²) >= 11 is 0. The Bertz CT molecular complexity index is 340. The number of rotatable bonds is 3. The van der Waals surface area contributed by atoms with E-state index in [2.05, 4.69) is 0 Å². The molecular formula is C10H12F3NO3. The first kappa shape index (κ1) is 15.2. The molecule has 0 heterocycles. The highest BCUT2D eigenvalue weighted by molar-refractivity contribution is 5.73. The number of nitrogens with two attached hydrogens (primary N) is 1. The van der Waals surface area contributed by atoms with Gasteiger partial charge in [0.25, 0.3) is 0 Å². The lowest BCUT2D eigenvalue weighted by molar-refractivity contribution is -0.138. The Kier molecular flexibility index (Phi) is 6.73. The van der Waals surface area contributed by atoms with Gasteiger partial charge in [-0.25, -0.2) is 0 Å². The normalized spacial score (nSPS) is 11.6. The summed E-state index contributed by atoms with van der Waals surface area (Å²) in [6.07, 6.45) is 0.273. The Hall–Kier alpha value is -1.76. The smallest absolute Gasteiger partial charge is 0.379 e. The number of phenols is 1. The number of carboxylic acids is 1. The first-order valence-electron chi connectivity index (χ1n) is 4.51. The van der Waals surface area contributed by atoms with Crippen molar-refractivity contribution in [2.75, 3.05) is 0 Å². The summed E-state index contributed by atoms with van der Waals surface area (Å²) in [6.45, 7) is -3.67. The number of halogens is 3. The van der Waals surface area contributed by atoms with E-state index in [-0.39, 0.29) is 12.2 Å². The van der Waals surface area contributed by atoms with Crippen molar-refractivity contribution in [2.45, 2.75) is 19.1 Å². The Morgan fingerprint density at radius 3 is 2.00 bits per heavy atom. The summed E-state index contributed by atoms with van der Waals surface area (Å²) in [7, 11) is 0.